The summed E-state index contributed by atoms with van der Waals surface area (Å²) in [6, 6.07) is 10.0. The van der Waals surface area contributed by atoms with Crippen molar-refractivity contribution >= 4 is 34.6 Å². The highest BCUT2D eigenvalue weighted by Crippen LogP contribution is 2.27. The van der Waals surface area contributed by atoms with Gasteiger partial charge in [-0.3, -0.25) is 20.2 Å². The quantitative estimate of drug-likeness (QED) is 0.278. The summed E-state index contributed by atoms with van der Waals surface area (Å²) in [4.78, 5) is 22.5. The van der Waals surface area contributed by atoms with Crippen LogP contribution in [0.1, 0.15) is 30.6 Å². The highest BCUT2D eigenvalue weighted by atomic mass is 32.1. The van der Waals surface area contributed by atoms with Gasteiger partial charge in [0.2, 0.25) is 0 Å². The van der Waals surface area contributed by atoms with Crippen molar-refractivity contribution in [1.29, 1.82) is 0 Å². The minimum Gasteiger partial charge on any atom is -0.506 e. The highest BCUT2D eigenvalue weighted by Gasteiger charge is 2.13. The molecule has 2 aromatic carbocycles. The van der Waals surface area contributed by atoms with Crippen molar-refractivity contribution < 1.29 is 19.6 Å². The average molecular weight is 403 g/mol. The summed E-state index contributed by atoms with van der Waals surface area (Å²) in [5, 5.41) is 25.5. The summed E-state index contributed by atoms with van der Waals surface area (Å²) < 4.78 is 5.60. The molecule has 9 heteroatoms. The van der Waals surface area contributed by atoms with Crippen LogP contribution in [-0.2, 0) is 0 Å². The summed E-state index contributed by atoms with van der Waals surface area (Å²) in [6.45, 7) is 4.83. The molecule has 0 aliphatic rings. The fourth-order valence-electron chi connectivity index (χ4n) is 2.18. The lowest BCUT2D eigenvalue weighted by Crippen LogP contribution is -2.34. The van der Waals surface area contributed by atoms with Crippen LogP contribution in [-0.4, -0.2) is 27.7 Å². The molecule has 0 aromatic heterocycles. The third-order valence-electron chi connectivity index (χ3n) is 3.75. The molecule has 0 radical (unpaired) electrons. The molecule has 0 unspecified atom stereocenters. The number of ether oxygens (including phenoxy) is 1. The van der Waals surface area contributed by atoms with Crippen LogP contribution in [0, 0.1) is 16.0 Å². The van der Waals surface area contributed by atoms with E-state index in [1.807, 2.05) is 0 Å². The number of hydrogen-bond donors (Lipinski definition) is 3. The molecule has 0 fully saturated rings. The fraction of sp³-hybridized carbons (Fsp3) is 0.263. The van der Waals surface area contributed by atoms with E-state index in [-0.39, 0.29) is 22.2 Å². The Labute approximate surface area is 167 Å². The number of carbonyl (C=O) groups excluding carboxylic acids is 1. The maximum Gasteiger partial charge on any atom is 0.271 e. The number of hydrogen-bond acceptors (Lipinski definition) is 6. The first-order chi connectivity index (χ1) is 13.3. The Kier molecular flexibility index (Phi) is 7.28. The van der Waals surface area contributed by atoms with E-state index in [9.17, 15) is 20.0 Å². The number of benzene rings is 2. The van der Waals surface area contributed by atoms with Gasteiger partial charge in [-0.25, -0.2) is 0 Å². The Morgan fingerprint density at radius 1 is 1.25 bits per heavy atom. The van der Waals surface area contributed by atoms with Crippen LogP contribution in [0.15, 0.2) is 42.5 Å². The van der Waals surface area contributed by atoms with Gasteiger partial charge >= 0.3 is 0 Å². The van der Waals surface area contributed by atoms with Gasteiger partial charge < -0.3 is 15.2 Å². The average Bonchev–Trinajstić information content (AvgIpc) is 2.63. The second kappa shape index (κ2) is 9.65. The summed E-state index contributed by atoms with van der Waals surface area (Å²) in [7, 11) is 0. The molecule has 0 bridgehead atoms. The van der Waals surface area contributed by atoms with Crippen LogP contribution < -0.4 is 15.4 Å². The van der Waals surface area contributed by atoms with Gasteiger partial charge in [0.1, 0.15) is 11.5 Å². The number of nitro benzene ring substituents is 1. The molecule has 148 valence electrons. The van der Waals surface area contributed by atoms with Gasteiger partial charge in [-0.15, -0.1) is 0 Å². The Morgan fingerprint density at radius 2 is 1.93 bits per heavy atom. The third kappa shape index (κ3) is 6.20. The normalized spacial score (nSPS) is 10.4. The number of thiocarbonyl (C=S) groups is 1. The zero-order chi connectivity index (χ0) is 20.7. The van der Waals surface area contributed by atoms with E-state index >= 15 is 0 Å². The molecule has 0 atom stereocenters. The van der Waals surface area contributed by atoms with Gasteiger partial charge in [-0.2, -0.15) is 0 Å². The monoisotopic (exact) mass is 403 g/mol. The molecule has 0 aliphatic carbocycles. The van der Waals surface area contributed by atoms with Crippen molar-refractivity contribution in [3.05, 3.63) is 58.1 Å². The molecule has 0 saturated carbocycles. The molecule has 8 nitrogen and oxygen atoms in total. The minimum absolute atomic E-state index is 0.0217. The molecule has 3 N–H and O–H groups in total. The van der Waals surface area contributed by atoms with E-state index in [0.717, 1.165) is 18.6 Å². The first kappa shape index (κ1) is 21.1. The SMILES string of the molecule is CC(C)CCOc1ccc(C(=O)NC(=S)Nc2cc([N+](=O)[O-])ccc2O)cc1. The molecule has 2 rings (SSSR count). The Morgan fingerprint density at radius 3 is 2.54 bits per heavy atom. The Balaban J connectivity index is 1.94. The lowest BCUT2D eigenvalue weighted by atomic mass is 10.1. The third-order valence-corrected chi connectivity index (χ3v) is 3.95. The first-order valence-corrected chi connectivity index (χ1v) is 8.99. The minimum atomic E-state index is -0.600. The number of carbonyl (C=O) groups is 1. The zero-order valence-electron chi connectivity index (χ0n) is 15.5. The Bertz CT molecular complexity index is 868. The number of nitrogens with one attached hydrogen (secondary N) is 2. The van der Waals surface area contributed by atoms with Gasteiger partial charge in [-0.05, 0) is 54.9 Å². The molecular weight excluding hydrogens is 382 g/mol. The maximum atomic E-state index is 12.3. The van der Waals surface area contributed by atoms with Crippen molar-refractivity contribution in [3.8, 4) is 11.5 Å². The number of phenols is 1. The number of nitro groups is 1. The van der Waals surface area contributed by atoms with Crippen LogP contribution in [0.25, 0.3) is 0 Å². The second-order valence-corrected chi connectivity index (χ2v) is 6.83. The molecule has 1 amide bonds. The van der Waals surface area contributed by atoms with Gasteiger partial charge in [0.15, 0.2) is 5.11 Å². The lowest BCUT2D eigenvalue weighted by molar-refractivity contribution is -0.384. The van der Waals surface area contributed by atoms with Crippen molar-refractivity contribution in [1.82, 2.24) is 5.32 Å². The number of rotatable bonds is 7. The summed E-state index contributed by atoms with van der Waals surface area (Å²) >= 11 is 5.04. The molecular formula is C19H21N3O5S. The van der Waals surface area contributed by atoms with Gasteiger partial charge in [0.25, 0.3) is 11.6 Å². The van der Waals surface area contributed by atoms with Gasteiger partial charge in [0.05, 0.1) is 17.2 Å². The molecule has 0 saturated heterocycles. The van der Waals surface area contributed by atoms with Gasteiger partial charge in [0, 0.05) is 17.7 Å². The Hall–Kier alpha value is -3.20. The maximum absolute atomic E-state index is 12.3. The zero-order valence-corrected chi connectivity index (χ0v) is 16.3. The van der Waals surface area contributed by atoms with E-state index in [2.05, 4.69) is 24.5 Å². The van der Waals surface area contributed by atoms with E-state index in [0.29, 0.717) is 23.8 Å². The number of amides is 1. The highest BCUT2D eigenvalue weighted by molar-refractivity contribution is 7.80. The number of anilines is 1. The molecule has 0 heterocycles. The van der Waals surface area contributed by atoms with E-state index in [1.165, 1.54) is 6.07 Å². The van der Waals surface area contributed by atoms with E-state index in [1.54, 1.807) is 24.3 Å². The summed E-state index contributed by atoms with van der Waals surface area (Å²) in [5.41, 5.74) is 0.166. The number of phenolic OH excluding ortho intramolecular Hbond substituents is 1. The molecule has 0 aliphatic heterocycles. The van der Waals surface area contributed by atoms with Crippen molar-refractivity contribution in [2.45, 2.75) is 20.3 Å². The fourth-order valence-corrected chi connectivity index (χ4v) is 2.38. The number of nitrogens with zero attached hydrogens (tertiary/aromatic N) is 1. The first-order valence-electron chi connectivity index (χ1n) is 8.59. The predicted molar refractivity (Wildman–Crippen MR) is 110 cm³/mol. The van der Waals surface area contributed by atoms with Crippen LogP contribution in [0.4, 0.5) is 11.4 Å². The van der Waals surface area contributed by atoms with E-state index in [4.69, 9.17) is 17.0 Å². The molecule has 0 spiro atoms. The van der Waals surface area contributed by atoms with Crippen LogP contribution >= 0.6 is 12.2 Å². The predicted octanol–water partition coefficient (Wildman–Crippen LogP) is 3.85. The van der Waals surface area contributed by atoms with E-state index < -0.39 is 10.8 Å². The van der Waals surface area contributed by atoms with Gasteiger partial charge in [-0.1, -0.05) is 13.8 Å². The smallest absolute Gasteiger partial charge is 0.271 e. The van der Waals surface area contributed by atoms with Crippen molar-refractivity contribution in [3.63, 3.8) is 0 Å². The van der Waals surface area contributed by atoms with Crippen LogP contribution in [0.5, 0.6) is 11.5 Å². The molecule has 2 aromatic rings. The largest absolute Gasteiger partial charge is 0.506 e. The van der Waals surface area contributed by atoms with Crippen molar-refractivity contribution in [2.75, 3.05) is 11.9 Å². The van der Waals surface area contributed by atoms with Crippen LogP contribution in [0.3, 0.4) is 0 Å². The molecule has 28 heavy (non-hydrogen) atoms. The topological polar surface area (TPSA) is 114 Å². The van der Waals surface area contributed by atoms with Crippen molar-refractivity contribution in [2.24, 2.45) is 5.92 Å². The lowest BCUT2D eigenvalue weighted by Gasteiger charge is -2.11. The second-order valence-electron chi connectivity index (χ2n) is 6.42. The standard InChI is InChI=1S/C19H21N3O5S/c1-12(2)9-10-27-15-6-3-13(4-7-15)18(24)21-19(28)20-16-11-14(22(25)26)5-8-17(16)23/h3-8,11-12,23H,9-10H2,1-2H3,(H2,20,21,24,28). The van der Waals surface area contributed by atoms with Crippen LogP contribution in [0.2, 0.25) is 0 Å². The summed E-state index contributed by atoms with van der Waals surface area (Å²) in [5.74, 6) is 0.518. The summed E-state index contributed by atoms with van der Waals surface area (Å²) in [6.07, 6.45) is 0.937. The number of non-ortho nitro benzene ring substituents is 1. The number of aromatic hydroxyl groups is 1.